The van der Waals surface area contributed by atoms with Crippen molar-refractivity contribution >= 4 is 0 Å². The smallest absolute Gasteiger partial charge is 0.679 e. The molecule has 85 valence electrons. The SMILES string of the molecule is [Co+2].[NH-]CC[NH-].[NH-]CC[NH-].[NH-]CC[NH-]. The zero-order valence-corrected chi connectivity index (χ0v) is 8.62. The van der Waals surface area contributed by atoms with E-state index < -0.39 is 0 Å². The van der Waals surface area contributed by atoms with Crippen LogP contribution in [0, 0.1) is 0 Å². The molecular weight excluding hydrogens is 215 g/mol. The second-order valence-corrected chi connectivity index (χ2v) is 1.50. The summed E-state index contributed by atoms with van der Waals surface area (Å²) < 4.78 is 0. The Balaban J connectivity index is -0.0000000450. The molecule has 1 radical (unpaired) electrons. The summed E-state index contributed by atoms with van der Waals surface area (Å²) >= 11 is 0. The van der Waals surface area contributed by atoms with Gasteiger partial charge in [-0.05, 0) is 0 Å². The van der Waals surface area contributed by atoms with E-state index in [0.717, 1.165) is 0 Å². The maximum atomic E-state index is 6.26. The van der Waals surface area contributed by atoms with Gasteiger partial charge in [0.15, 0.2) is 0 Å². The fourth-order valence-electron chi connectivity index (χ4n) is 0. The Bertz CT molecular complexity index is 32.6. The van der Waals surface area contributed by atoms with Crippen molar-refractivity contribution in [3.05, 3.63) is 34.4 Å². The Morgan fingerprint density at radius 1 is 0.385 bits per heavy atom. The summed E-state index contributed by atoms with van der Waals surface area (Å²) in [5, 5.41) is 0. The minimum Gasteiger partial charge on any atom is -0.679 e. The molecule has 6 nitrogen and oxygen atoms in total. The average molecular weight is 233 g/mol. The summed E-state index contributed by atoms with van der Waals surface area (Å²) in [4.78, 5) is 0. The van der Waals surface area contributed by atoms with Gasteiger partial charge < -0.3 is 34.4 Å². The zero-order chi connectivity index (χ0) is 10.2. The Labute approximate surface area is 90.9 Å². The van der Waals surface area contributed by atoms with Crippen molar-refractivity contribution in [1.29, 1.82) is 0 Å². The van der Waals surface area contributed by atoms with Crippen LogP contribution in [0.25, 0.3) is 34.4 Å². The quantitative estimate of drug-likeness (QED) is 0.704. The molecule has 13 heavy (non-hydrogen) atoms. The Morgan fingerprint density at radius 2 is 0.462 bits per heavy atom. The van der Waals surface area contributed by atoms with E-state index >= 15 is 0 Å². The van der Waals surface area contributed by atoms with Gasteiger partial charge in [-0.1, -0.05) is 0 Å². The van der Waals surface area contributed by atoms with Crippen molar-refractivity contribution in [2.75, 3.05) is 39.3 Å². The van der Waals surface area contributed by atoms with Crippen molar-refractivity contribution in [1.82, 2.24) is 0 Å². The van der Waals surface area contributed by atoms with Crippen LogP contribution in [0.1, 0.15) is 0 Å². The minimum absolute atomic E-state index is 0. The Kier molecular flexibility index (Phi) is 70.9. The summed E-state index contributed by atoms with van der Waals surface area (Å²) in [6.07, 6.45) is 0. The van der Waals surface area contributed by atoms with E-state index in [1.165, 1.54) is 0 Å². The molecule has 7 heteroatoms. The molecule has 0 heterocycles. The first kappa shape index (κ1) is 23.2. The molecule has 0 unspecified atom stereocenters. The Hall–Kier alpha value is 0.266. The number of hydrogen-bond acceptors (Lipinski definition) is 0. The predicted molar refractivity (Wildman–Crippen MR) is 55.1 cm³/mol. The molecule has 0 atom stereocenters. The predicted octanol–water partition coefficient (Wildman–Crippen LogP) is 3.27. The zero-order valence-electron chi connectivity index (χ0n) is 7.58. The van der Waals surface area contributed by atoms with Gasteiger partial charge in [-0.2, -0.15) is 39.3 Å². The van der Waals surface area contributed by atoms with Gasteiger partial charge in [-0.25, -0.2) is 0 Å². The molecular formula is C6H18CoN6-4. The average Bonchev–Trinajstić information content (AvgIpc) is 2.18. The van der Waals surface area contributed by atoms with Crippen LogP contribution in [0.2, 0.25) is 0 Å². The third-order valence-corrected chi connectivity index (χ3v) is 0.375. The standard InChI is InChI=1S/3C2H6N2.Co/c3*3-1-2-4;/h3*3-4H,1-2H2;/q3*-2;+2. The molecule has 0 aromatic carbocycles. The Morgan fingerprint density at radius 3 is 0.462 bits per heavy atom. The van der Waals surface area contributed by atoms with Gasteiger partial charge in [0.2, 0.25) is 0 Å². The van der Waals surface area contributed by atoms with Gasteiger partial charge in [0.25, 0.3) is 0 Å². The molecule has 0 aliphatic heterocycles. The van der Waals surface area contributed by atoms with Crippen LogP contribution in [-0.2, 0) is 16.8 Å². The van der Waals surface area contributed by atoms with E-state index in [4.69, 9.17) is 34.4 Å². The van der Waals surface area contributed by atoms with Crippen LogP contribution in [0.5, 0.6) is 0 Å². The molecule has 0 saturated heterocycles. The number of rotatable bonds is 3. The van der Waals surface area contributed by atoms with Crippen LogP contribution in [0.15, 0.2) is 0 Å². The maximum Gasteiger partial charge on any atom is 2.00 e. The van der Waals surface area contributed by atoms with Gasteiger partial charge in [0.05, 0.1) is 0 Å². The van der Waals surface area contributed by atoms with E-state index in [1.54, 1.807) is 0 Å². The van der Waals surface area contributed by atoms with Crippen molar-refractivity contribution in [2.24, 2.45) is 0 Å². The summed E-state index contributed by atoms with van der Waals surface area (Å²) in [5.41, 5.74) is 37.6. The molecule has 0 aromatic rings. The molecule has 0 saturated carbocycles. The molecule has 0 aliphatic carbocycles. The molecule has 0 aliphatic rings. The third kappa shape index (κ3) is 121. The van der Waals surface area contributed by atoms with Crippen LogP contribution >= 0.6 is 0 Å². The van der Waals surface area contributed by atoms with E-state index in [9.17, 15) is 0 Å². The summed E-state index contributed by atoms with van der Waals surface area (Å²) in [7, 11) is 0. The van der Waals surface area contributed by atoms with Gasteiger partial charge in [0, 0.05) is 0 Å². The van der Waals surface area contributed by atoms with Crippen LogP contribution in [-0.4, -0.2) is 39.3 Å². The second kappa shape index (κ2) is 39.7. The molecule has 0 spiro atoms. The molecule has 6 N–H and O–H groups in total. The number of hydrogen-bond donors (Lipinski definition) is 0. The molecule has 0 fully saturated rings. The van der Waals surface area contributed by atoms with Crippen LogP contribution < -0.4 is 0 Å². The minimum atomic E-state index is 0. The van der Waals surface area contributed by atoms with Gasteiger partial charge >= 0.3 is 16.8 Å². The van der Waals surface area contributed by atoms with Crippen LogP contribution in [0.3, 0.4) is 0 Å². The van der Waals surface area contributed by atoms with E-state index in [0.29, 0.717) is 0 Å². The summed E-state index contributed by atoms with van der Waals surface area (Å²) in [5.74, 6) is 0. The van der Waals surface area contributed by atoms with Crippen molar-refractivity contribution < 1.29 is 16.8 Å². The first-order valence-electron chi connectivity index (χ1n) is 3.62. The molecule has 0 rings (SSSR count). The topological polar surface area (TPSA) is 143 Å². The summed E-state index contributed by atoms with van der Waals surface area (Å²) in [6, 6.07) is 0. The first-order valence-corrected chi connectivity index (χ1v) is 3.62. The molecule has 0 aromatic heterocycles. The molecule has 0 bridgehead atoms. The third-order valence-electron chi connectivity index (χ3n) is 0.375. The maximum absolute atomic E-state index is 6.26. The van der Waals surface area contributed by atoms with Gasteiger partial charge in [-0.3, -0.25) is 0 Å². The largest absolute Gasteiger partial charge is 2.00 e. The number of nitrogens with one attached hydrogen (secondary N) is 6. The summed E-state index contributed by atoms with van der Waals surface area (Å²) in [6.45, 7) is 1.42. The fourth-order valence-corrected chi connectivity index (χ4v) is 0. The monoisotopic (exact) mass is 233 g/mol. The first-order chi connectivity index (χ1) is 5.74. The van der Waals surface area contributed by atoms with Crippen molar-refractivity contribution in [2.45, 2.75) is 0 Å². The van der Waals surface area contributed by atoms with E-state index in [-0.39, 0.29) is 56.0 Å². The second-order valence-electron chi connectivity index (χ2n) is 1.50. The molecule has 0 amide bonds. The van der Waals surface area contributed by atoms with E-state index in [1.807, 2.05) is 0 Å². The fraction of sp³-hybridized carbons (Fsp3) is 1.00. The van der Waals surface area contributed by atoms with Crippen molar-refractivity contribution in [3.63, 3.8) is 0 Å². The van der Waals surface area contributed by atoms with Crippen LogP contribution in [0.4, 0.5) is 0 Å². The van der Waals surface area contributed by atoms with Gasteiger partial charge in [-0.15, -0.1) is 0 Å². The van der Waals surface area contributed by atoms with Crippen molar-refractivity contribution in [3.8, 4) is 0 Å². The normalized spacial score (nSPS) is 6.92. The van der Waals surface area contributed by atoms with E-state index in [2.05, 4.69) is 0 Å². The van der Waals surface area contributed by atoms with Gasteiger partial charge in [0.1, 0.15) is 0 Å².